The number of halogens is 2. The highest BCUT2D eigenvalue weighted by Crippen LogP contribution is 2.30. The molecule has 1 nitrogen and oxygen atoms in total. The SMILES string of the molecule is Cl.Fc1ccc2c(c1)CC(CCN1CCc3ccccc3C1)C2. The summed E-state index contributed by atoms with van der Waals surface area (Å²) in [4.78, 5) is 2.58. The molecule has 2 aliphatic rings. The molecule has 3 heteroatoms. The molecule has 0 fully saturated rings. The van der Waals surface area contributed by atoms with E-state index in [0.29, 0.717) is 5.92 Å². The third-order valence-electron chi connectivity index (χ3n) is 5.25. The molecule has 0 spiro atoms. The average molecular weight is 332 g/mol. The van der Waals surface area contributed by atoms with E-state index in [1.54, 1.807) is 12.1 Å². The van der Waals surface area contributed by atoms with Crippen LogP contribution in [0.1, 0.15) is 28.7 Å². The Morgan fingerprint density at radius 1 is 0.957 bits per heavy atom. The molecule has 122 valence electrons. The Morgan fingerprint density at radius 3 is 2.61 bits per heavy atom. The summed E-state index contributed by atoms with van der Waals surface area (Å²) in [6, 6.07) is 14.1. The molecule has 1 heterocycles. The number of hydrogen-bond acceptors (Lipinski definition) is 1. The van der Waals surface area contributed by atoms with Gasteiger partial charge in [0.1, 0.15) is 5.82 Å². The third-order valence-corrected chi connectivity index (χ3v) is 5.25. The molecule has 0 aromatic heterocycles. The molecule has 0 saturated heterocycles. The van der Waals surface area contributed by atoms with Crippen LogP contribution in [-0.4, -0.2) is 18.0 Å². The van der Waals surface area contributed by atoms with Crippen LogP contribution < -0.4 is 0 Å². The largest absolute Gasteiger partial charge is 0.299 e. The minimum absolute atomic E-state index is 0. The van der Waals surface area contributed by atoms with Gasteiger partial charge in [-0.15, -0.1) is 12.4 Å². The van der Waals surface area contributed by atoms with Crippen LogP contribution in [0.15, 0.2) is 42.5 Å². The minimum Gasteiger partial charge on any atom is -0.299 e. The lowest BCUT2D eigenvalue weighted by Crippen LogP contribution is -2.32. The molecule has 0 amide bonds. The van der Waals surface area contributed by atoms with E-state index in [1.807, 2.05) is 6.07 Å². The van der Waals surface area contributed by atoms with Crippen molar-refractivity contribution in [1.29, 1.82) is 0 Å². The topological polar surface area (TPSA) is 3.24 Å². The third kappa shape index (κ3) is 3.59. The first kappa shape index (κ1) is 16.5. The molecule has 1 unspecified atom stereocenters. The van der Waals surface area contributed by atoms with Crippen molar-refractivity contribution in [3.63, 3.8) is 0 Å². The van der Waals surface area contributed by atoms with Crippen LogP contribution in [0.3, 0.4) is 0 Å². The predicted octanol–water partition coefficient (Wildman–Crippen LogP) is 4.41. The van der Waals surface area contributed by atoms with E-state index in [2.05, 4.69) is 29.2 Å². The van der Waals surface area contributed by atoms with Crippen LogP contribution in [-0.2, 0) is 25.8 Å². The van der Waals surface area contributed by atoms with Gasteiger partial charge in [0, 0.05) is 13.1 Å². The van der Waals surface area contributed by atoms with Gasteiger partial charge >= 0.3 is 0 Å². The van der Waals surface area contributed by atoms with Gasteiger partial charge in [-0.3, -0.25) is 4.90 Å². The second kappa shape index (κ2) is 7.02. The van der Waals surface area contributed by atoms with Crippen molar-refractivity contribution in [2.24, 2.45) is 5.92 Å². The zero-order valence-electron chi connectivity index (χ0n) is 13.3. The molecule has 1 aliphatic heterocycles. The standard InChI is InChI=1S/C20H22FN.ClH/c21-20-6-5-17-11-15(12-19(17)13-20)7-9-22-10-8-16-3-1-2-4-18(16)14-22;/h1-6,13,15H,7-12,14H2;1H. The van der Waals surface area contributed by atoms with E-state index in [4.69, 9.17) is 0 Å². The second-order valence-corrected chi connectivity index (χ2v) is 6.77. The Morgan fingerprint density at radius 2 is 1.74 bits per heavy atom. The lowest BCUT2D eigenvalue weighted by Gasteiger charge is -2.29. The van der Waals surface area contributed by atoms with Crippen LogP contribution >= 0.6 is 12.4 Å². The summed E-state index contributed by atoms with van der Waals surface area (Å²) < 4.78 is 13.3. The van der Waals surface area contributed by atoms with Crippen LogP contribution in [0.25, 0.3) is 0 Å². The van der Waals surface area contributed by atoms with Gasteiger partial charge in [0.05, 0.1) is 0 Å². The van der Waals surface area contributed by atoms with Gasteiger partial charge in [0.15, 0.2) is 0 Å². The van der Waals surface area contributed by atoms with Crippen LogP contribution in [0.5, 0.6) is 0 Å². The van der Waals surface area contributed by atoms with Gasteiger partial charge in [0.25, 0.3) is 0 Å². The van der Waals surface area contributed by atoms with Crippen LogP contribution in [0, 0.1) is 11.7 Å². The maximum Gasteiger partial charge on any atom is 0.123 e. The van der Waals surface area contributed by atoms with Crippen molar-refractivity contribution in [2.75, 3.05) is 13.1 Å². The van der Waals surface area contributed by atoms with E-state index in [9.17, 15) is 4.39 Å². The van der Waals surface area contributed by atoms with Crippen molar-refractivity contribution in [1.82, 2.24) is 4.90 Å². The van der Waals surface area contributed by atoms with E-state index in [0.717, 1.165) is 25.9 Å². The van der Waals surface area contributed by atoms with Crippen molar-refractivity contribution < 1.29 is 4.39 Å². The first-order chi connectivity index (χ1) is 10.8. The highest BCUT2D eigenvalue weighted by molar-refractivity contribution is 5.85. The summed E-state index contributed by atoms with van der Waals surface area (Å²) in [5.74, 6) is 0.598. The van der Waals surface area contributed by atoms with Crippen LogP contribution in [0.2, 0.25) is 0 Å². The number of rotatable bonds is 3. The number of fused-ring (bicyclic) bond motifs is 2. The molecule has 2 aromatic rings. The van der Waals surface area contributed by atoms with Gasteiger partial charge in [-0.1, -0.05) is 30.3 Å². The van der Waals surface area contributed by atoms with E-state index in [-0.39, 0.29) is 18.2 Å². The monoisotopic (exact) mass is 331 g/mol. The summed E-state index contributed by atoms with van der Waals surface area (Å²) >= 11 is 0. The first-order valence-corrected chi connectivity index (χ1v) is 8.34. The smallest absolute Gasteiger partial charge is 0.123 e. The number of nitrogens with zero attached hydrogens (tertiary/aromatic N) is 1. The summed E-state index contributed by atoms with van der Waals surface area (Å²) in [6.45, 7) is 3.42. The van der Waals surface area contributed by atoms with Gasteiger partial charge in [-0.2, -0.15) is 0 Å². The maximum absolute atomic E-state index is 13.3. The molecule has 1 atom stereocenters. The van der Waals surface area contributed by atoms with Gasteiger partial charge in [-0.25, -0.2) is 4.39 Å². The van der Waals surface area contributed by atoms with E-state index in [1.165, 1.54) is 41.6 Å². The highest BCUT2D eigenvalue weighted by Gasteiger charge is 2.23. The van der Waals surface area contributed by atoms with Crippen molar-refractivity contribution in [3.05, 3.63) is 70.5 Å². The Labute approximate surface area is 143 Å². The normalized spacial score (nSPS) is 19.8. The number of benzene rings is 2. The molecule has 0 N–H and O–H groups in total. The summed E-state index contributed by atoms with van der Waals surface area (Å²) in [6.07, 6.45) is 4.57. The summed E-state index contributed by atoms with van der Waals surface area (Å²) in [5, 5.41) is 0. The molecule has 0 saturated carbocycles. The highest BCUT2D eigenvalue weighted by atomic mass is 35.5. The maximum atomic E-state index is 13.3. The van der Waals surface area contributed by atoms with Gasteiger partial charge in [0.2, 0.25) is 0 Å². The fraction of sp³-hybridized carbons (Fsp3) is 0.400. The van der Waals surface area contributed by atoms with Crippen molar-refractivity contribution >= 4 is 12.4 Å². The molecular formula is C20H23ClFN. The molecule has 4 rings (SSSR count). The van der Waals surface area contributed by atoms with E-state index < -0.39 is 0 Å². The minimum atomic E-state index is -0.0907. The molecule has 0 bridgehead atoms. The Bertz CT molecular complexity index is 685. The molecule has 1 aliphatic carbocycles. The van der Waals surface area contributed by atoms with Gasteiger partial charge < -0.3 is 0 Å². The fourth-order valence-electron chi connectivity index (χ4n) is 3.99. The zero-order valence-corrected chi connectivity index (χ0v) is 14.1. The molecule has 0 radical (unpaired) electrons. The van der Waals surface area contributed by atoms with Gasteiger partial charge in [-0.05, 0) is 72.5 Å². The second-order valence-electron chi connectivity index (χ2n) is 6.77. The lowest BCUT2D eigenvalue weighted by molar-refractivity contribution is 0.235. The molecule has 23 heavy (non-hydrogen) atoms. The lowest BCUT2D eigenvalue weighted by atomic mass is 9.98. The van der Waals surface area contributed by atoms with E-state index >= 15 is 0 Å². The summed E-state index contributed by atoms with van der Waals surface area (Å²) in [7, 11) is 0. The zero-order chi connectivity index (χ0) is 14.9. The van der Waals surface area contributed by atoms with Crippen molar-refractivity contribution in [3.8, 4) is 0 Å². The Kier molecular flexibility index (Phi) is 5.03. The molecular weight excluding hydrogens is 309 g/mol. The Balaban J connectivity index is 0.00000156. The summed E-state index contributed by atoms with van der Waals surface area (Å²) in [5.41, 5.74) is 5.59. The quantitative estimate of drug-likeness (QED) is 0.805. The average Bonchev–Trinajstić information content (AvgIpc) is 2.94. The molecule has 2 aromatic carbocycles. The Hall–Kier alpha value is -1.38. The predicted molar refractivity (Wildman–Crippen MR) is 94.6 cm³/mol. The van der Waals surface area contributed by atoms with Crippen LogP contribution in [0.4, 0.5) is 4.39 Å². The fourth-order valence-corrected chi connectivity index (χ4v) is 3.99. The van der Waals surface area contributed by atoms with Crippen molar-refractivity contribution in [2.45, 2.75) is 32.2 Å². The number of hydrogen-bond donors (Lipinski definition) is 0. The first-order valence-electron chi connectivity index (χ1n) is 8.34.